The van der Waals surface area contributed by atoms with Crippen LogP contribution in [0.5, 0.6) is 5.75 Å². The summed E-state index contributed by atoms with van der Waals surface area (Å²) >= 11 is 0. The first-order chi connectivity index (χ1) is 19.5. The van der Waals surface area contributed by atoms with Crippen LogP contribution >= 0.6 is 0 Å². The number of nitrogens with one attached hydrogen (secondary N) is 1. The van der Waals surface area contributed by atoms with Crippen LogP contribution in [0.4, 0.5) is 5.69 Å². The van der Waals surface area contributed by atoms with E-state index in [2.05, 4.69) is 22.6 Å². The van der Waals surface area contributed by atoms with Gasteiger partial charge < -0.3 is 10.1 Å². The number of aromatic nitrogens is 3. The van der Waals surface area contributed by atoms with E-state index < -0.39 is 12.1 Å². The van der Waals surface area contributed by atoms with Gasteiger partial charge in [0.1, 0.15) is 23.3 Å². The predicted octanol–water partition coefficient (Wildman–Crippen LogP) is 5.79. The average Bonchev–Trinajstić information content (AvgIpc) is 3.44. The fourth-order valence-electron chi connectivity index (χ4n) is 5.51. The Balaban J connectivity index is 1.59. The molecule has 3 aromatic carbocycles. The van der Waals surface area contributed by atoms with E-state index in [1.54, 1.807) is 23.6 Å². The number of hydrogen-bond donors (Lipinski definition) is 1. The van der Waals surface area contributed by atoms with Crippen LogP contribution in [0.3, 0.4) is 0 Å². The maximum Gasteiger partial charge on any atom is 0.252 e. The molecule has 0 bridgehead atoms. The number of nitrogens with zero attached hydrogens (tertiary/aromatic N) is 4. The molecular weight excluding hydrogens is 502 g/mol. The molecule has 1 aliphatic carbocycles. The van der Waals surface area contributed by atoms with E-state index in [1.807, 2.05) is 72.8 Å². The van der Waals surface area contributed by atoms with Crippen molar-refractivity contribution in [2.24, 2.45) is 0 Å². The number of aryl methyl sites for hydroxylation is 1. The summed E-state index contributed by atoms with van der Waals surface area (Å²) in [4.78, 5) is 30.3. The summed E-state index contributed by atoms with van der Waals surface area (Å²) in [6, 6.07) is 21.3. The van der Waals surface area contributed by atoms with E-state index in [1.165, 1.54) is 6.42 Å². The first kappa shape index (κ1) is 27.4. The average molecular weight is 540 g/mol. The molecule has 4 aromatic rings. The van der Waals surface area contributed by atoms with Gasteiger partial charge in [-0.3, -0.25) is 14.5 Å². The molecule has 0 spiro atoms. The van der Waals surface area contributed by atoms with Crippen molar-refractivity contribution in [2.75, 3.05) is 12.0 Å². The summed E-state index contributed by atoms with van der Waals surface area (Å²) in [6.07, 6.45) is 6.14. The highest BCUT2D eigenvalue weighted by Gasteiger charge is 2.37. The highest BCUT2D eigenvalue weighted by Crippen LogP contribution is 2.33. The maximum absolute atomic E-state index is 14.5. The Hall–Kier alpha value is -4.20. The van der Waals surface area contributed by atoms with Gasteiger partial charge in [-0.05, 0) is 73.7 Å². The number of carbonyl (C=O) groups is 2. The zero-order valence-corrected chi connectivity index (χ0v) is 23.4. The molecule has 0 unspecified atom stereocenters. The highest BCUT2D eigenvalue weighted by atomic mass is 16.5. The monoisotopic (exact) mass is 539 g/mol. The summed E-state index contributed by atoms with van der Waals surface area (Å²) in [5, 5.41) is 11.9. The van der Waals surface area contributed by atoms with Gasteiger partial charge in [-0.15, -0.1) is 5.10 Å². The molecule has 1 N–H and O–H groups in total. The molecule has 1 heterocycles. The number of carbonyl (C=O) groups excluding carboxylic acids is 2. The number of hydrogen-bond acceptors (Lipinski definition) is 5. The van der Waals surface area contributed by atoms with Crippen molar-refractivity contribution in [3.05, 3.63) is 83.9 Å². The minimum atomic E-state index is -0.884. The number of anilines is 1. The molecule has 2 amide bonds. The second-order valence-electron chi connectivity index (χ2n) is 10.4. The lowest BCUT2D eigenvalue weighted by atomic mass is 9.94. The summed E-state index contributed by atoms with van der Waals surface area (Å²) in [5.74, 6) is 0.239. The number of ether oxygens (including phenoxy) is 1. The van der Waals surface area contributed by atoms with Crippen molar-refractivity contribution in [1.29, 1.82) is 0 Å². The number of para-hydroxylation sites is 1. The quantitative estimate of drug-likeness (QED) is 0.291. The normalized spacial score (nSPS) is 15.4. The van der Waals surface area contributed by atoms with Crippen LogP contribution in [-0.2, 0) is 16.0 Å². The lowest BCUT2D eigenvalue weighted by molar-refractivity contribution is -0.128. The summed E-state index contributed by atoms with van der Waals surface area (Å²) < 4.78 is 7.01. The van der Waals surface area contributed by atoms with Gasteiger partial charge >= 0.3 is 0 Å². The summed E-state index contributed by atoms with van der Waals surface area (Å²) in [6.45, 7) is 3.90. The standard InChI is InChI=1S/C32H37N5O3/c1-4-23-14-18-26(19-15-23)36(32(39)22(2)37-29-13-9-8-12-28(29)34-35-37)30(24-16-20-27(40-3)21-17-24)31(38)33-25-10-6-5-7-11-25/h8-9,12-22,25,30H,4-7,10-11H2,1-3H3,(H,33,38)/t22-,30+/m0/s1. The van der Waals surface area contributed by atoms with E-state index in [0.29, 0.717) is 22.5 Å². The van der Waals surface area contributed by atoms with Crippen LogP contribution in [-0.4, -0.2) is 40.0 Å². The highest BCUT2D eigenvalue weighted by molar-refractivity contribution is 6.03. The fourth-order valence-corrected chi connectivity index (χ4v) is 5.51. The van der Waals surface area contributed by atoms with Gasteiger partial charge in [-0.2, -0.15) is 0 Å². The summed E-state index contributed by atoms with van der Waals surface area (Å²) in [7, 11) is 1.61. The first-order valence-corrected chi connectivity index (χ1v) is 14.2. The van der Waals surface area contributed by atoms with Gasteiger partial charge in [0.2, 0.25) is 5.91 Å². The van der Waals surface area contributed by atoms with Crippen LogP contribution < -0.4 is 15.0 Å². The van der Waals surface area contributed by atoms with Crippen LogP contribution in [0.25, 0.3) is 11.0 Å². The first-order valence-electron chi connectivity index (χ1n) is 14.2. The van der Waals surface area contributed by atoms with Gasteiger partial charge in [0.05, 0.1) is 12.6 Å². The number of rotatable bonds is 9. The topological polar surface area (TPSA) is 89.4 Å². The second-order valence-corrected chi connectivity index (χ2v) is 10.4. The van der Waals surface area contributed by atoms with Crippen molar-refractivity contribution < 1.29 is 14.3 Å². The molecule has 8 heteroatoms. The van der Waals surface area contributed by atoms with Gasteiger partial charge in [0.25, 0.3) is 5.91 Å². The van der Waals surface area contributed by atoms with Gasteiger partial charge in [-0.1, -0.05) is 67.8 Å². The van der Waals surface area contributed by atoms with Crippen LogP contribution in [0.15, 0.2) is 72.8 Å². The van der Waals surface area contributed by atoms with E-state index in [4.69, 9.17) is 4.74 Å². The summed E-state index contributed by atoms with van der Waals surface area (Å²) in [5.41, 5.74) is 3.98. The zero-order valence-electron chi connectivity index (χ0n) is 23.4. The van der Waals surface area contributed by atoms with E-state index in [9.17, 15) is 9.59 Å². The lowest BCUT2D eigenvalue weighted by Crippen LogP contribution is -2.48. The lowest BCUT2D eigenvalue weighted by Gasteiger charge is -2.35. The Bertz CT molecular complexity index is 1440. The fraction of sp³-hybridized carbons (Fsp3) is 0.375. The van der Waals surface area contributed by atoms with Gasteiger partial charge in [0.15, 0.2) is 0 Å². The van der Waals surface area contributed by atoms with Crippen molar-refractivity contribution in [1.82, 2.24) is 20.3 Å². The van der Waals surface area contributed by atoms with Crippen LogP contribution in [0.1, 0.15) is 69.2 Å². The minimum absolute atomic E-state index is 0.0955. The third-order valence-corrected chi connectivity index (χ3v) is 7.85. The van der Waals surface area contributed by atoms with Crippen molar-refractivity contribution >= 4 is 28.5 Å². The van der Waals surface area contributed by atoms with E-state index in [0.717, 1.165) is 43.2 Å². The molecule has 1 saturated carbocycles. The second kappa shape index (κ2) is 12.3. The molecule has 0 radical (unpaired) electrons. The zero-order chi connectivity index (χ0) is 28.1. The van der Waals surface area contributed by atoms with Crippen LogP contribution in [0.2, 0.25) is 0 Å². The van der Waals surface area contributed by atoms with Crippen molar-refractivity contribution in [2.45, 2.75) is 70.5 Å². The molecule has 5 rings (SSSR count). The van der Waals surface area contributed by atoms with Crippen molar-refractivity contribution in [3.8, 4) is 5.75 Å². The van der Waals surface area contributed by atoms with E-state index >= 15 is 0 Å². The number of fused-ring (bicyclic) bond motifs is 1. The largest absolute Gasteiger partial charge is 0.497 e. The van der Waals surface area contributed by atoms with Crippen molar-refractivity contribution in [3.63, 3.8) is 0 Å². The van der Waals surface area contributed by atoms with Gasteiger partial charge in [0, 0.05) is 11.7 Å². The smallest absolute Gasteiger partial charge is 0.252 e. The van der Waals surface area contributed by atoms with Gasteiger partial charge in [-0.25, -0.2) is 4.68 Å². The molecule has 1 aliphatic rings. The Labute approximate surface area is 235 Å². The Morgan fingerprint density at radius 2 is 1.70 bits per heavy atom. The minimum Gasteiger partial charge on any atom is -0.497 e. The Morgan fingerprint density at radius 3 is 2.38 bits per heavy atom. The molecule has 0 saturated heterocycles. The molecule has 2 atom stereocenters. The number of benzene rings is 3. The maximum atomic E-state index is 14.5. The number of amides is 2. The Kier molecular flexibility index (Phi) is 8.43. The SMILES string of the molecule is CCc1ccc(N(C(=O)[C@H](C)n2nnc3ccccc32)[C@@H](C(=O)NC2CCCCC2)c2ccc(OC)cc2)cc1. The molecule has 8 nitrogen and oxygen atoms in total. The number of methoxy groups -OCH3 is 1. The third-order valence-electron chi connectivity index (χ3n) is 7.85. The molecule has 208 valence electrons. The van der Waals surface area contributed by atoms with Crippen LogP contribution in [0, 0.1) is 0 Å². The molecule has 1 fully saturated rings. The molecular formula is C32H37N5O3. The predicted molar refractivity (Wildman–Crippen MR) is 156 cm³/mol. The Morgan fingerprint density at radius 1 is 1.00 bits per heavy atom. The van der Waals surface area contributed by atoms with E-state index in [-0.39, 0.29) is 17.9 Å². The third kappa shape index (κ3) is 5.71. The molecule has 1 aromatic heterocycles. The molecule has 40 heavy (non-hydrogen) atoms. The molecule has 0 aliphatic heterocycles.